The highest BCUT2D eigenvalue weighted by Gasteiger charge is 2.41. The summed E-state index contributed by atoms with van der Waals surface area (Å²) < 4.78 is 20.2. The van der Waals surface area contributed by atoms with Gasteiger partial charge in [0, 0.05) is 57.6 Å². The predicted octanol–water partition coefficient (Wildman–Crippen LogP) is 4.71. The third kappa shape index (κ3) is 8.65. The van der Waals surface area contributed by atoms with E-state index in [1.165, 1.54) is 28.4 Å². The number of aliphatic hydroxyl groups excluding tert-OH is 2. The van der Waals surface area contributed by atoms with Crippen LogP contribution in [-0.2, 0) is 69.2 Å². The molecule has 2 atom stereocenters. The first-order chi connectivity index (χ1) is 26.1. The largest absolute Gasteiger partial charge is 0.469 e. The molecule has 0 saturated heterocycles. The number of ether oxygens (including phenoxy) is 4. The summed E-state index contributed by atoms with van der Waals surface area (Å²) in [7, 11) is 5.23. The summed E-state index contributed by atoms with van der Waals surface area (Å²) >= 11 is 0. The van der Waals surface area contributed by atoms with Gasteiger partial charge in [-0.15, -0.1) is 0 Å². The monoisotopic (exact) mass is 758 g/mol. The third-order valence-corrected chi connectivity index (χ3v) is 10.8. The number of allylic oxidation sites excluding steroid dienone is 2. The number of carbonyl (C=O) groups is 4. The zero-order valence-electron chi connectivity index (χ0n) is 32.7. The fourth-order valence-corrected chi connectivity index (χ4v) is 7.34. The number of hydrogen-bond acceptors (Lipinski definition) is 12. The molecule has 0 fully saturated rings. The van der Waals surface area contributed by atoms with Gasteiger partial charge in [-0.25, -0.2) is 4.98 Å². The summed E-state index contributed by atoms with van der Waals surface area (Å²) in [6, 6.07) is 7.49. The Morgan fingerprint density at radius 2 is 1.15 bits per heavy atom. The lowest BCUT2D eigenvalue weighted by Crippen LogP contribution is -2.27. The molecule has 14 heteroatoms. The van der Waals surface area contributed by atoms with Gasteiger partial charge < -0.3 is 39.1 Å². The first-order valence-electron chi connectivity index (χ1n) is 18.2. The number of aryl methyl sites for hydroxylation is 2. The van der Waals surface area contributed by atoms with Crippen molar-refractivity contribution in [3.05, 3.63) is 69.3 Å². The predicted molar refractivity (Wildman–Crippen MR) is 205 cm³/mol. The topological polar surface area (TPSA) is 203 Å². The number of methoxy groups -OCH3 is 4. The molecule has 2 unspecified atom stereocenters. The summed E-state index contributed by atoms with van der Waals surface area (Å²) in [5, 5.41) is 20.6. The van der Waals surface area contributed by atoms with E-state index in [1.54, 1.807) is 0 Å². The van der Waals surface area contributed by atoms with Crippen LogP contribution in [0.5, 0.6) is 0 Å². The first kappa shape index (κ1) is 40.8. The molecule has 55 heavy (non-hydrogen) atoms. The van der Waals surface area contributed by atoms with E-state index in [4.69, 9.17) is 28.9 Å². The average Bonchev–Trinajstić information content (AvgIpc) is 3.81. The maximum Gasteiger partial charge on any atom is 0.310 e. The van der Waals surface area contributed by atoms with Crippen LogP contribution in [0.2, 0.25) is 0 Å². The van der Waals surface area contributed by atoms with Gasteiger partial charge in [0.05, 0.1) is 65.4 Å². The van der Waals surface area contributed by atoms with E-state index >= 15 is 0 Å². The SMILES string of the molecule is COC(=O)CCc1c(CC(=O)OC)c2cc3nc(cc4nc(cc5[nH]c(cc1[nH]2)c(CCC(=O)OC)c5CC(=O)OC)C(CC(O)CO)C4(C)C)C(C)=C3C. The van der Waals surface area contributed by atoms with Crippen molar-refractivity contribution in [1.82, 2.24) is 19.9 Å². The second-order valence-corrected chi connectivity index (χ2v) is 14.5. The number of nitrogens with one attached hydrogen (secondary N) is 2. The molecule has 0 aromatic carbocycles. The van der Waals surface area contributed by atoms with E-state index in [0.29, 0.717) is 67.1 Å². The van der Waals surface area contributed by atoms with Crippen molar-refractivity contribution in [3.8, 4) is 0 Å². The molecule has 8 bridgehead atoms. The number of aromatic nitrogens is 4. The molecule has 5 rings (SSSR count). The number of fused-ring (bicyclic) bond motifs is 8. The van der Waals surface area contributed by atoms with Crippen LogP contribution < -0.4 is 0 Å². The number of H-pyrrole nitrogens is 2. The van der Waals surface area contributed by atoms with Crippen LogP contribution in [0.1, 0.15) is 97.9 Å². The Labute approximate surface area is 319 Å². The van der Waals surface area contributed by atoms with E-state index in [9.17, 15) is 29.4 Å². The van der Waals surface area contributed by atoms with Crippen LogP contribution in [0.15, 0.2) is 24.3 Å². The van der Waals surface area contributed by atoms with E-state index in [1.807, 2.05) is 52.0 Å². The quantitative estimate of drug-likeness (QED) is 0.138. The lowest BCUT2D eigenvalue weighted by atomic mass is 9.74. The van der Waals surface area contributed by atoms with Crippen molar-refractivity contribution in [3.63, 3.8) is 0 Å². The van der Waals surface area contributed by atoms with Gasteiger partial charge in [-0.05, 0) is 90.8 Å². The normalized spacial score (nSPS) is 15.4. The molecule has 0 radical (unpaired) electrons. The number of aromatic amines is 2. The molecule has 3 aromatic rings. The van der Waals surface area contributed by atoms with Crippen molar-refractivity contribution in [2.75, 3.05) is 35.0 Å². The molecule has 14 nitrogen and oxygen atoms in total. The van der Waals surface area contributed by atoms with Crippen molar-refractivity contribution < 1.29 is 48.3 Å². The fraction of sp³-hybridized carbons (Fsp3) is 0.463. The smallest absolute Gasteiger partial charge is 0.310 e. The molecule has 0 spiro atoms. The Morgan fingerprint density at radius 3 is 1.62 bits per heavy atom. The molecule has 294 valence electrons. The number of nitrogens with zero attached hydrogens (tertiary/aromatic N) is 2. The summed E-state index contributed by atoms with van der Waals surface area (Å²) in [4.78, 5) is 68.0. The van der Waals surface area contributed by atoms with Gasteiger partial charge in [-0.1, -0.05) is 13.8 Å². The van der Waals surface area contributed by atoms with Crippen molar-refractivity contribution >= 4 is 57.1 Å². The Morgan fingerprint density at radius 1 is 0.691 bits per heavy atom. The molecule has 2 aliphatic rings. The van der Waals surface area contributed by atoms with E-state index in [2.05, 4.69) is 9.97 Å². The fourth-order valence-electron chi connectivity index (χ4n) is 7.34. The van der Waals surface area contributed by atoms with Crippen LogP contribution in [0.3, 0.4) is 0 Å². The molecular formula is C41H50N4O10. The molecule has 4 N–H and O–H groups in total. The van der Waals surface area contributed by atoms with Crippen molar-refractivity contribution in [2.45, 2.75) is 90.1 Å². The maximum atomic E-state index is 13.0. The van der Waals surface area contributed by atoms with Gasteiger partial charge in [0.15, 0.2) is 0 Å². The van der Waals surface area contributed by atoms with Gasteiger partial charge in [-0.2, -0.15) is 0 Å². The minimum absolute atomic E-state index is 0.00489. The van der Waals surface area contributed by atoms with Gasteiger partial charge in [-0.3, -0.25) is 24.2 Å². The molecule has 0 saturated carbocycles. The van der Waals surface area contributed by atoms with E-state index < -0.39 is 42.0 Å². The number of esters is 4. The summed E-state index contributed by atoms with van der Waals surface area (Å²) in [5.41, 5.74) is 8.68. The Balaban J connectivity index is 2.01. The molecule has 2 aliphatic heterocycles. The third-order valence-electron chi connectivity index (χ3n) is 10.8. The number of carbonyl (C=O) groups excluding carboxylic acids is 4. The molecular weight excluding hydrogens is 708 g/mol. The second-order valence-electron chi connectivity index (χ2n) is 14.5. The zero-order chi connectivity index (χ0) is 40.2. The lowest BCUT2D eigenvalue weighted by molar-refractivity contribution is -0.141. The van der Waals surface area contributed by atoms with Crippen LogP contribution >= 0.6 is 0 Å². The van der Waals surface area contributed by atoms with Crippen LogP contribution in [0.25, 0.3) is 33.2 Å². The first-order valence-corrected chi connectivity index (χ1v) is 18.2. The van der Waals surface area contributed by atoms with Crippen molar-refractivity contribution in [1.29, 1.82) is 0 Å². The maximum absolute atomic E-state index is 13.0. The highest BCUT2D eigenvalue weighted by atomic mass is 16.5. The standard InChI is InChI=1S/C41H50N4O10/c1-21-22(2)30-19-36-41(3,4)28(13-23(47)20-46)35(45-36)18-34-27(15-40(51)55-8)25(10-12-38(49)53-6)32(44-34)17-31-24(9-11-37(48)52-5)26(14-39(50)54-7)33(43-31)16-29(21)42-30/h16-19,23,28,43-44,46-47H,9-15,20H2,1-8H3. The molecule has 5 heterocycles. The highest BCUT2D eigenvalue weighted by Crippen LogP contribution is 2.45. The summed E-state index contributed by atoms with van der Waals surface area (Å²) in [5.74, 6) is -2.22. The Kier molecular flexibility index (Phi) is 12.6. The minimum Gasteiger partial charge on any atom is -0.469 e. The second kappa shape index (κ2) is 17.0. The number of rotatable bonds is 13. The van der Waals surface area contributed by atoms with Gasteiger partial charge >= 0.3 is 23.9 Å². The van der Waals surface area contributed by atoms with Crippen LogP contribution in [0.4, 0.5) is 0 Å². The van der Waals surface area contributed by atoms with Crippen LogP contribution in [-0.4, -0.2) is 95.2 Å². The molecule has 0 amide bonds. The van der Waals surface area contributed by atoms with E-state index in [-0.39, 0.29) is 50.9 Å². The Bertz CT molecular complexity index is 2200. The average molecular weight is 759 g/mol. The number of aliphatic hydroxyl groups is 2. The number of hydrogen-bond donors (Lipinski definition) is 4. The molecule has 3 aromatic heterocycles. The summed E-state index contributed by atoms with van der Waals surface area (Å²) in [6.45, 7) is 7.58. The Hall–Kier alpha value is -5.34. The molecule has 0 aliphatic carbocycles. The lowest BCUT2D eigenvalue weighted by Gasteiger charge is -2.28. The highest BCUT2D eigenvalue weighted by molar-refractivity contribution is 5.92. The van der Waals surface area contributed by atoms with E-state index in [0.717, 1.165) is 11.1 Å². The van der Waals surface area contributed by atoms with Crippen LogP contribution in [0, 0.1) is 0 Å². The zero-order valence-corrected chi connectivity index (χ0v) is 32.7. The van der Waals surface area contributed by atoms with Gasteiger partial charge in [0.25, 0.3) is 0 Å². The minimum atomic E-state index is -1.01. The van der Waals surface area contributed by atoms with Gasteiger partial charge in [0.2, 0.25) is 0 Å². The summed E-state index contributed by atoms with van der Waals surface area (Å²) in [6.07, 6.45) is -0.612. The van der Waals surface area contributed by atoms with Crippen molar-refractivity contribution in [2.24, 2.45) is 0 Å². The van der Waals surface area contributed by atoms with Gasteiger partial charge in [0.1, 0.15) is 0 Å².